The van der Waals surface area contributed by atoms with E-state index in [0.717, 1.165) is 79.9 Å². The molecule has 272 valence electrons. The van der Waals surface area contributed by atoms with Gasteiger partial charge in [-0.05, 0) is 104 Å². The van der Waals surface area contributed by atoms with Gasteiger partial charge in [-0.2, -0.15) is 0 Å². The molecule has 0 unspecified atom stereocenters. The van der Waals surface area contributed by atoms with Crippen LogP contribution in [0.5, 0.6) is 5.75 Å². The first-order valence-corrected chi connectivity index (χ1v) is 18.7. The van der Waals surface area contributed by atoms with E-state index in [1.165, 1.54) is 0 Å². The third-order valence-corrected chi connectivity index (χ3v) is 9.90. The summed E-state index contributed by atoms with van der Waals surface area (Å²) in [5.74, 6) is 0.743. The average Bonchev–Trinajstić information content (AvgIpc) is 3.16. The van der Waals surface area contributed by atoms with Gasteiger partial charge in [0.05, 0.1) is 40.6 Å². The highest BCUT2D eigenvalue weighted by atomic mass is 35.5. The van der Waals surface area contributed by atoms with Crippen LogP contribution in [0.1, 0.15) is 29.6 Å². The number of unbranched alkanes of at least 4 members (excludes halogenated alkanes) is 1. The van der Waals surface area contributed by atoms with Crippen molar-refractivity contribution in [1.82, 2.24) is 14.9 Å². The van der Waals surface area contributed by atoms with Crippen LogP contribution >= 0.6 is 23.2 Å². The monoisotopic (exact) mass is 755 g/mol. The minimum absolute atomic E-state index is 0.0145. The van der Waals surface area contributed by atoms with Crippen LogP contribution < -0.4 is 15.4 Å². The molecule has 0 saturated carbocycles. The van der Waals surface area contributed by atoms with Crippen LogP contribution in [-0.2, 0) is 4.79 Å². The highest BCUT2D eigenvalue weighted by molar-refractivity contribution is 6.32. The summed E-state index contributed by atoms with van der Waals surface area (Å²) in [6.07, 6.45) is 16.4. The van der Waals surface area contributed by atoms with E-state index >= 15 is 0 Å². The Kier molecular flexibility index (Phi) is 11.5. The van der Waals surface area contributed by atoms with E-state index < -0.39 is 0 Å². The maximum absolute atomic E-state index is 14.0. The van der Waals surface area contributed by atoms with E-state index in [-0.39, 0.29) is 5.91 Å². The van der Waals surface area contributed by atoms with Gasteiger partial charge in [0.2, 0.25) is 0 Å². The second kappa shape index (κ2) is 17.0. The van der Waals surface area contributed by atoms with Gasteiger partial charge in [0.15, 0.2) is 0 Å². The predicted molar refractivity (Wildman–Crippen MR) is 223 cm³/mol. The lowest BCUT2D eigenvalue weighted by Gasteiger charge is -2.24. The summed E-state index contributed by atoms with van der Waals surface area (Å²) in [7, 11) is 1.66. The molecule has 0 bridgehead atoms. The molecule has 2 N–H and O–H groups in total. The van der Waals surface area contributed by atoms with E-state index in [9.17, 15) is 9.59 Å². The standard InChI is InChI=1S/C44H39Cl2N5O3/c1-54-33-15-19-39-37(27-33)43(35-17-14-32(46)26-41(35)50-39)47-20-7-8-22-51(44(53)30-10-5-3-2-4-6-11-30)23-9-21-48-42-34-16-13-31(45)25-40(34)49-38-18-12-29(28-52)24-36(38)42/h2-6,10-19,24-28H,7-9,20-23H2,1H3,(H,47,50)(H,48,49)/b3-2-,4-2?,5-3?,6-4-,10-5?,11-6?,30-10?,30-11?. The number of carbonyl (C=O) groups is 2. The number of benzene rings is 4. The minimum atomic E-state index is -0.0145. The lowest BCUT2D eigenvalue weighted by Crippen LogP contribution is -2.34. The quantitative estimate of drug-likeness (QED) is 0.0649. The number of rotatable bonds is 14. The summed E-state index contributed by atoms with van der Waals surface area (Å²) in [4.78, 5) is 37.2. The van der Waals surface area contributed by atoms with Gasteiger partial charge in [-0.1, -0.05) is 53.6 Å². The van der Waals surface area contributed by atoms with Crippen molar-refractivity contribution in [3.05, 3.63) is 137 Å². The van der Waals surface area contributed by atoms with Gasteiger partial charge in [0.1, 0.15) is 12.0 Å². The molecule has 2 heterocycles. The molecule has 1 amide bonds. The number of pyridine rings is 2. The van der Waals surface area contributed by atoms with Gasteiger partial charge in [-0.15, -0.1) is 0 Å². The number of aromatic nitrogens is 2. The Bertz CT molecular complexity index is 2510. The van der Waals surface area contributed by atoms with Crippen LogP contribution in [0.25, 0.3) is 43.6 Å². The van der Waals surface area contributed by atoms with Crippen LogP contribution in [-0.4, -0.2) is 60.4 Å². The number of carbonyl (C=O) groups excluding carboxylic acids is 2. The molecule has 7 rings (SSSR count). The Morgan fingerprint density at radius 3 is 1.98 bits per heavy atom. The lowest BCUT2D eigenvalue weighted by molar-refractivity contribution is -0.126. The Hall–Kier alpha value is -5.70. The molecule has 10 heteroatoms. The molecule has 2 aromatic heterocycles. The molecule has 1 aliphatic rings. The van der Waals surface area contributed by atoms with Crippen LogP contribution in [0, 0.1) is 0 Å². The average molecular weight is 757 g/mol. The number of hydrogen-bond donors (Lipinski definition) is 2. The first kappa shape index (κ1) is 36.6. The number of allylic oxidation sites excluding steroid dienone is 6. The number of fused-ring (bicyclic) bond motifs is 4. The maximum Gasteiger partial charge on any atom is 0.253 e. The van der Waals surface area contributed by atoms with Crippen LogP contribution in [0.3, 0.4) is 0 Å². The Morgan fingerprint density at radius 2 is 1.30 bits per heavy atom. The Balaban J connectivity index is 1.06. The summed E-state index contributed by atoms with van der Waals surface area (Å²) >= 11 is 12.7. The molecule has 8 nitrogen and oxygen atoms in total. The third kappa shape index (κ3) is 8.25. The highest BCUT2D eigenvalue weighted by Crippen LogP contribution is 2.35. The van der Waals surface area contributed by atoms with Crippen LogP contribution in [0.2, 0.25) is 10.0 Å². The zero-order valence-electron chi connectivity index (χ0n) is 29.8. The smallest absolute Gasteiger partial charge is 0.253 e. The summed E-state index contributed by atoms with van der Waals surface area (Å²) in [6, 6.07) is 22.7. The lowest BCUT2D eigenvalue weighted by atomic mass is 10.1. The summed E-state index contributed by atoms with van der Waals surface area (Å²) in [6.45, 7) is 2.44. The molecule has 0 radical (unpaired) electrons. The van der Waals surface area contributed by atoms with Crippen molar-refractivity contribution in [3.63, 3.8) is 0 Å². The molecule has 0 aliphatic heterocycles. The fraction of sp³-hybridized carbons (Fsp3) is 0.182. The van der Waals surface area contributed by atoms with Gasteiger partial charge in [-0.3, -0.25) is 9.59 Å². The molecule has 1 aliphatic carbocycles. The second-order valence-electron chi connectivity index (χ2n) is 13.0. The Morgan fingerprint density at radius 1 is 0.685 bits per heavy atom. The third-order valence-electron chi connectivity index (χ3n) is 9.43. The predicted octanol–water partition coefficient (Wildman–Crippen LogP) is 10.3. The largest absolute Gasteiger partial charge is 0.497 e. The summed E-state index contributed by atoms with van der Waals surface area (Å²) < 4.78 is 5.53. The van der Waals surface area contributed by atoms with Crippen molar-refractivity contribution < 1.29 is 14.3 Å². The van der Waals surface area contributed by atoms with E-state index in [0.29, 0.717) is 53.8 Å². The normalized spacial score (nSPS) is 13.7. The van der Waals surface area contributed by atoms with Crippen LogP contribution in [0.4, 0.5) is 11.4 Å². The molecule has 54 heavy (non-hydrogen) atoms. The Labute approximate surface area is 323 Å². The van der Waals surface area contributed by atoms with Gasteiger partial charge in [-0.25, -0.2) is 9.97 Å². The minimum Gasteiger partial charge on any atom is -0.497 e. The zero-order valence-corrected chi connectivity index (χ0v) is 31.3. The number of ether oxygens (including phenoxy) is 1. The number of hydrogen-bond acceptors (Lipinski definition) is 7. The first-order valence-electron chi connectivity index (χ1n) is 18.0. The van der Waals surface area contributed by atoms with Crippen molar-refractivity contribution >= 4 is 90.4 Å². The number of amides is 1. The second-order valence-corrected chi connectivity index (χ2v) is 13.9. The number of aldehydes is 1. The number of halogens is 2. The number of nitrogens with one attached hydrogen (secondary N) is 2. The molecule has 0 atom stereocenters. The summed E-state index contributed by atoms with van der Waals surface area (Å²) in [5.41, 5.74) is 6.28. The first-order chi connectivity index (χ1) is 26.4. The van der Waals surface area contributed by atoms with E-state index in [4.69, 9.17) is 37.9 Å². The fourth-order valence-corrected chi connectivity index (χ4v) is 7.08. The molecule has 4 aromatic carbocycles. The van der Waals surface area contributed by atoms with Crippen LogP contribution in [0.15, 0.2) is 121 Å². The molecular weight excluding hydrogens is 717 g/mol. The molecular formula is C44H39Cl2N5O3. The highest BCUT2D eigenvalue weighted by Gasteiger charge is 2.17. The molecule has 0 spiro atoms. The zero-order chi connectivity index (χ0) is 37.4. The number of nitrogens with zero attached hydrogens (tertiary/aromatic N) is 3. The van der Waals surface area contributed by atoms with Gasteiger partial charge in [0, 0.05) is 68.9 Å². The number of anilines is 2. The van der Waals surface area contributed by atoms with Crippen molar-refractivity contribution in [2.45, 2.75) is 19.3 Å². The van der Waals surface area contributed by atoms with E-state index in [2.05, 4.69) is 10.6 Å². The van der Waals surface area contributed by atoms with Crippen molar-refractivity contribution in [2.24, 2.45) is 0 Å². The topological polar surface area (TPSA) is 96.4 Å². The SMILES string of the molecule is COc1ccc2nc3cc(Cl)ccc3c(NCCCCN(CCCNc3c4ccc(Cl)cc4nc4ccc(C=O)cc34)C(=O)C3=C/C=C\C=C/C=C3)c2c1. The molecule has 0 fully saturated rings. The summed E-state index contributed by atoms with van der Waals surface area (Å²) in [5, 5.41) is 12.2. The maximum atomic E-state index is 14.0. The van der Waals surface area contributed by atoms with Gasteiger partial charge >= 0.3 is 0 Å². The molecule has 6 aromatic rings. The number of methoxy groups -OCH3 is 1. The van der Waals surface area contributed by atoms with Crippen molar-refractivity contribution in [2.75, 3.05) is 43.9 Å². The molecule has 0 saturated heterocycles. The van der Waals surface area contributed by atoms with Gasteiger partial charge < -0.3 is 20.3 Å². The van der Waals surface area contributed by atoms with E-state index in [1.54, 1.807) is 13.2 Å². The van der Waals surface area contributed by atoms with Gasteiger partial charge in [0.25, 0.3) is 5.91 Å². The van der Waals surface area contributed by atoms with Crippen molar-refractivity contribution in [3.8, 4) is 5.75 Å². The van der Waals surface area contributed by atoms with E-state index in [1.807, 2.05) is 114 Å². The fourth-order valence-electron chi connectivity index (χ4n) is 6.74. The van der Waals surface area contributed by atoms with Crippen molar-refractivity contribution in [1.29, 1.82) is 0 Å².